The molecule has 2 aromatic rings. The maximum absolute atomic E-state index is 12.1. The number of benzene rings is 1. The van der Waals surface area contributed by atoms with Crippen LogP contribution in [0, 0.1) is 13.8 Å². The molecule has 2 heterocycles. The molecular weight excluding hydrogens is 326 g/mol. The highest BCUT2D eigenvalue weighted by molar-refractivity contribution is 7.88. The first kappa shape index (κ1) is 17.1. The summed E-state index contributed by atoms with van der Waals surface area (Å²) in [7, 11) is -3.29. The normalized spacial score (nSPS) is 19.5. The molecule has 0 radical (unpaired) electrons. The summed E-state index contributed by atoms with van der Waals surface area (Å²) in [5, 5.41) is 4.64. The first-order valence-electron chi connectivity index (χ1n) is 8.00. The molecule has 6 nitrogen and oxygen atoms in total. The first-order valence-corrected chi connectivity index (χ1v) is 9.85. The van der Waals surface area contributed by atoms with Gasteiger partial charge in [-0.25, -0.2) is 8.42 Å². The maximum Gasteiger partial charge on any atom is 0.211 e. The van der Waals surface area contributed by atoms with Gasteiger partial charge in [0, 0.05) is 17.8 Å². The lowest BCUT2D eigenvalue weighted by Crippen LogP contribution is -2.43. The van der Waals surface area contributed by atoms with Crippen LogP contribution < -0.4 is 0 Å². The van der Waals surface area contributed by atoms with E-state index in [2.05, 4.69) is 17.2 Å². The van der Waals surface area contributed by atoms with Crippen molar-refractivity contribution in [2.24, 2.45) is 0 Å². The zero-order valence-electron chi connectivity index (χ0n) is 14.3. The van der Waals surface area contributed by atoms with Gasteiger partial charge in [0.25, 0.3) is 0 Å². The average molecular weight is 349 g/mol. The number of aromatic nitrogens is 2. The number of aryl methyl sites for hydroxylation is 1. The minimum Gasteiger partial charge on any atom is -0.378 e. The van der Waals surface area contributed by atoms with E-state index in [9.17, 15) is 8.42 Å². The highest BCUT2D eigenvalue weighted by atomic mass is 32.2. The molecule has 1 aliphatic heterocycles. The molecule has 1 atom stereocenters. The molecule has 1 aromatic heterocycles. The van der Waals surface area contributed by atoms with Crippen molar-refractivity contribution < 1.29 is 13.2 Å². The lowest BCUT2D eigenvalue weighted by Gasteiger charge is -2.34. The molecule has 0 aliphatic carbocycles. The van der Waals surface area contributed by atoms with E-state index in [1.807, 2.05) is 36.7 Å². The topological polar surface area (TPSA) is 64.4 Å². The van der Waals surface area contributed by atoms with Crippen LogP contribution in [0.15, 0.2) is 30.3 Å². The molecule has 1 aliphatic rings. The predicted octanol–water partition coefficient (Wildman–Crippen LogP) is 1.88. The monoisotopic (exact) mass is 349 g/mol. The van der Waals surface area contributed by atoms with Gasteiger partial charge in [0.2, 0.25) is 10.0 Å². The van der Waals surface area contributed by atoms with Crippen LogP contribution in [0.4, 0.5) is 0 Å². The number of ether oxygens (including phenoxy) is 1. The molecule has 0 bridgehead atoms. The van der Waals surface area contributed by atoms with Gasteiger partial charge in [0.05, 0.1) is 37.8 Å². The van der Waals surface area contributed by atoms with Crippen LogP contribution in [0.1, 0.15) is 28.6 Å². The summed E-state index contributed by atoms with van der Waals surface area (Å²) in [6, 6.07) is 9.80. The van der Waals surface area contributed by atoms with E-state index >= 15 is 0 Å². The Hall–Kier alpha value is -1.70. The quantitative estimate of drug-likeness (QED) is 0.845. The molecule has 0 saturated carbocycles. The van der Waals surface area contributed by atoms with Crippen molar-refractivity contribution in [1.29, 1.82) is 0 Å². The Labute approximate surface area is 143 Å². The summed E-state index contributed by atoms with van der Waals surface area (Å²) in [6.45, 7) is 5.77. The highest BCUT2D eigenvalue weighted by Crippen LogP contribution is 2.31. The molecule has 7 heteroatoms. The third kappa shape index (κ3) is 3.38. The van der Waals surface area contributed by atoms with Crippen LogP contribution in [0.3, 0.4) is 0 Å². The summed E-state index contributed by atoms with van der Waals surface area (Å²) in [4.78, 5) is 0. The Morgan fingerprint density at radius 3 is 2.62 bits per heavy atom. The van der Waals surface area contributed by atoms with Gasteiger partial charge in [-0.2, -0.15) is 9.40 Å². The fraction of sp³-hybridized carbons (Fsp3) is 0.471. The number of hydrogen-bond acceptors (Lipinski definition) is 4. The minimum atomic E-state index is -3.29. The number of sulfonamides is 1. The summed E-state index contributed by atoms with van der Waals surface area (Å²) in [5.74, 6) is 0. The predicted molar refractivity (Wildman–Crippen MR) is 92.4 cm³/mol. The SMILES string of the molecule is Cc1nn(Cc2ccccc2)c(C)c1[C@@H]1COCCN1S(C)(=O)=O. The molecular formula is C17H23N3O3S. The van der Waals surface area contributed by atoms with Crippen LogP contribution in [0.2, 0.25) is 0 Å². The van der Waals surface area contributed by atoms with E-state index in [0.717, 1.165) is 22.5 Å². The number of morpholine rings is 1. The molecule has 24 heavy (non-hydrogen) atoms. The molecule has 0 N–H and O–H groups in total. The van der Waals surface area contributed by atoms with Gasteiger partial charge in [0.15, 0.2) is 0 Å². The van der Waals surface area contributed by atoms with E-state index in [0.29, 0.717) is 26.3 Å². The van der Waals surface area contributed by atoms with Crippen molar-refractivity contribution >= 4 is 10.0 Å². The largest absolute Gasteiger partial charge is 0.378 e. The Bertz CT molecular complexity index is 815. The fourth-order valence-electron chi connectivity index (χ4n) is 3.32. The van der Waals surface area contributed by atoms with E-state index in [4.69, 9.17) is 4.74 Å². The smallest absolute Gasteiger partial charge is 0.211 e. The van der Waals surface area contributed by atoms with Crippen molar-refractivity contribution in [1.82, 2.24) is 14.1 Å². The van der Waals surface area contributed by atoms with Crippen molar-refractivity contribution in [3.05, 3.63) is 52.8 Å². The zero-order chi connectivity index (χ0) is 17.3. The second kappa shape index (κ2) is 6.66. The summed E-state index contributed by atoms with van der Waals surface area (Å²) in [5.41, 5.74) is 3.96. The van der Waals surface area contributed by atoms with Crippen molar-refractivity contribution in [2.75, 3.05) is 26.0 Å². The Morgan fingerprint density at radius 2 is 1.96 bits per heavy atom. The minimum absolute atomic E-state index is 0.307. The second-order valence-electron chi connectivity index (χ2n) is 6.19. The van der Waals surface area contributed by atoms with Gasteiger partial charge >= 0.3 is 0 Å². The van der Waals surface area contributed by atoms with E-state index < -0.39 is 10.0 Å². The molecule has 0 unspecified atom stereocenters. The van der Waals surface area contributed by atoms with Gasteiger partial charge in [0.1, 0.15) is 0 Å². The number of nitrogens with zero attached hydrogens (tertiary/aromatic N) is 3. The van der Waals surface area contributed by atoms with Gasteiger partial charge < -0.3 is 4.74 Å². The van der Waals surface area contributed by atoms with Crippen LogP contribution in [0.25, 0.3) is 0 Å². The molecule has 3 rings (SSSR count). The Kier molecular flexibility index (Phi) is 4.76. The Morgan fingerprint density at radius 1 is 1.25 bits per heavy atom. The zero-order valence-corrected chi connectivity index (χ0v) is 15.1. The summed E-state index contributed by atoms with van der Waals surface area (Å²) >= 11 is 0. The van der Waals surface area contributed by atoms with E-state index in [1.165, 1.54) is 10.6 Å². The lowest BCUT2D eigenvalue weighted by molar-refractivity contribution is 0.0319. The van der Waals surface area contributed by atoms with Crippen LogP contribution >= 0.6 is 0 Å². The number of hydrogen-bond donors (Lipinski definition) is 0. The van der Waals surface area contributed by atoms with E-state index in [1.54, 1.807) is 0 Å². The standard InChI is InChI=1S/C17H23N3O3S/c1-13-17(16-12-23-10-9-20(16)24(3,21)22)14(2)19(18-13)11-15-7-5-4-6-8-15/h4-8,16H,9-12H2,1-3H3/t16-/m0/s1. The third-order valence-electron chi connectivity index (χ3n) is 4.45. The maximum atomic E-state index is 12.1. The summed E-state index contributed by atoms with van der Waals surface area (Å²) in [6.07, 6.45) is 1.25. The van der Waals surface area contributed by atoms with E-state index in [-0.39, 0.29) is 6.04 Å². The molecule has 0 spiro atoms. The van der Waals surface area contributed by atoms with Gasteiger partial charge in [-0.3, -0.25) is 4.68 Å². The van der Waals surface area contributed by atoms with Gasteiger partial charge in [-0.05, 0) is 19.4 Å². The second-order valence-corrected chi connectivity index (χ2v) is 8.13. The first-order chi connectivity index (χ1) is 11.4. The molecule has 130 valence electrons. The highest BCUT2D eigenvalue weighted by Gasteiger charge is 2.34. The van der Waals surface area contributed by atoms with Crippen molar-refractivity contribution in [3.8, 4) is 0 Å². The van der Waals surface area contributed by atoms with Crippen LogP contribution in [-0.4, -0.2) is 48.5 Å². The average Bonchev–Trinajstić information content (AvgIpc) is 2.81. The van der Waals surface area contributed by atoms with Gasteiger partial charge in [-0.1, -0.05) is 30.3 Å². The fourth-order valence-corrected chi connectivity index (χ4v) is 4.35. The Balaban J connectivity index is 1.96. The third-order valence-corrected chi connectivity index (χ3v) is 5.74. The van der Waals surface area contributed by atoms with Crippen LogP contribution in [-0.2, 0) is 21.3 Å². The summed E-state index contributed by atoms with van der Waals surface area (Å²) < 4.78 is 33.3. The van der Waals surface area contributed by atoms with Crippen LogP contribution in [0.5, 0.6) is 0 Å². The molecule has 1 aromatic carbocycles. The van der Waals surface area contributed by atoms with Gasteiger partial charge in [-0.15, -0.1) is 0 Å². The molecule has 1 saturated heterocycles. The number of rotatable bonds is 4. The van der Waals surface area contributed by atoms with Crippen molar-refractivity contribution in [2.45, 2.75) is 26.4 Å². The molecule has 1 fully saturated rings. The molecule has 0 amide bonds. The van der Waals surface area contributed by atoms with Crippen molar-refractivity contribution in [3.63, 3.8) is 0 Å². The lowest BCUT2D eigenvalue weighted by atomic mass is 10.0.